The molecule has 0 aliphatic carbocycles. The molecule has 0 atom stereocenters. The average Bonchev–Trinajstić information content (AvgIpc) is 2.43. The number of aromatic carboxylic acids is 1. The van der Waals surface area contributed by atoms with Gasteiger partial charge in [0, 0.05) is 0 Å². The highest BCUT2D eigenvalue weighted by Crippen LogP contribution is 2.10. The predicted molar refractivity (Wildman–Crippen MR) is 66.4 cm³/mol. The summed E-state index contributed by atoms with van der Waals surface area (Å²) in [6.45, 7) is -0.429. The number of hydrogen-bond donors (Lipinski definition) is 2. The minimum atomic E-state index is -1.24. The second-order valence-electron chi connectivity index (χ2n) is 3.47. The van der Waals surface area contributed by atoms with Crippen LogP contribution in [-0.2, 0) is 14.3 Å². The summed E-state index contributed by atoms with van der Waals surface area (Å²) in [5.74, 6) is -2.84. The molecule has 0 saturated heterocycles. The molecule has 1 aromatic rings. The smallest absolute Gasteiger partial charge is 0.339 e. The lowest BCUT2D eigenvalue weighted by molar-refractivity contribution is -0.138. The summed E-state index contributed by atoms with van der Waals surface area (Å²) in [5.41, 5.74) is -0.251. The Hall–Kier alpha value is -2.83. The van der Waals surface area contributed by atoms with Crippen molar-refractivity contribution < 1.29 is 34.1 Å². The van der Waals surface area contributed by atoms with E-state index in [1.165, 1.54) is 24.3 Å². The molecular weight excluding hydrogens is 268 g/mol. The van der Waals surface area contributed by atoms with Crippen molar-refractivity contribution >= 4 is 17.9 Å². The molecule has 1 aromatic carbocycles. The Bertz CT molecular complexity index is 533. The van der Waals surface area contributed by atoms with E-state index >= 15 is 0 Å². The normalized spacial score (nSPS) is 10.2. The van der Waals surface area contributed by atoms with E-state index in [1.54, 1.807) is 0 Å². The first-order valence-corrected chi connectivity index (χ1v) is 5.53. The second-order valence-corrected chi connectivity index (χ2v) is 3.47. The Kier molecular flexibility index (Phi) is 5.76. The molecule has 0 aliphatic heterocycles. The van der Waals surface area contributed by atoms with Gasteiger partial charge in [0.1, 0.15) is 13.2 Å². The quantitative estimate of drug-likeness (QED) is 0.348. The monoisotopic (exact) mass is 280 g/mol. The maximum Gasteiger partial charge on any atom is 0.339 e. The van der Waals surface area contributed by atoms with Crippen molar-refractivity contribution in [2.75, 3.05) is 13.2 Å². The van der Waals surface area contributed by atoms with E-state index in [-0.39, 0.29) is 24.3 Å². The summed E-state index contributed by atoms with van der Waals surface area (Å²) < 4.78 is 9.35. The number of aliphatic hydroxyl groups excluding tert-OH is 1. The fourth-order valence-corrected chi connectivity index (χ4v) is 1.31. The Morgan fingerprint density at radius 2 is 1.65 bits per heavy atom. The van der Waals surface area contributed by atoms with Gasteiger partial charge in [0.15, 0.2) is 0 Å². The van der Waals surface area contributed by atoms with Crippen molar-refractivity contribution in [3.8, 4) is 0 Å². The molecule has 7 heteroatoms. The van der Waals surface area contributed by atoms with Crippen molar-refractivity contribution in [1.29, 1.82) is 0 Å². The van der Waals surface area contributed by atoms with E-state index in [4.69, 9.17) is 14.9 Å². The van der Waals surface area contributed by atoms with E-state index in [9.17, 15) is 14.4 Å². The van der Waals surface area contributed by atoms with Gasteiger partial charge in [-0.15, -0.1) is 0 Å². The number of ether oxygens (including phenoxy) is 2. The zero-order valence-electron chi connectivity index (χ0n) is 10.3. The van der Waals surface area contributed by atoms with Crippen LogP contribution in [0.15, 0.2) is 36.6 Å². The Morgan fingerprint density at radius 3 is 2.25 bits per heavy atom. The molecule has 0 bridgehead atoms. The fourth-order valence-electron chi connectivity index (χ4n) is 1.31. The fraction of sp³-hybridized carbons (Fsp3) is 0.154. The average molecular weight is 280 g/mol. The topological polar surface area (TPSA) is 110 Å². The summed E-state index contributed by atoms with van der Waals surface area (Å²) >= 11 is 0. The van der Waals surface area contributed by atoms with E-state index < -0.39 is 17.9 Å². The van der Waals surface area contributed by atoms with Gasteiger partial charge < -0.3 is 19.7 Å². The van der Waals surface area contributed by atoms with E-state index in [2.05, 4.69) is 4.74 Å². The van der Waals surface area contributed by atoms with Gasteiger partial charge >= 0.3 is 17.9 Å². The summed E-state index contributed by atoms with van der Waals surface area (Å²) in [5, 5.41) is 17.2. The van der Waals surface area contributed by atoms with Crippen LogP contribution in [0.3, 0.4) is 0 Å². The van der Waals surface area contributed by atoms with Crippen LogP contribution in [0.4, 0.5) is 0 Å². The Balaban J connectivity index is 2.52. The van der Waals surface area contributed by atoms with Crippen LogP contribution in [0.1, 0.15) is 20.7 Å². The number of carboxylic acid groups (broad SMARTS) is 1. The number of carbonyl (C=O) groups is 3. The zero-order valence-corrected chi connectivity index (χ0v) is 10.3. The molecule has 0 aliphatic rings. The Labute approximate surface area is 114 Å². The van der Waals surface area contributed by atoms with Crippen molar-refractivity contribution in [2.45, 2.75) is 0 Å². The molecule has 0 amide bonds. The van der Waals surface area contributed by atoms with Gasteiger partial charge in [-0.3, -0.25) is 0 Å². The van der Waals surface area contributed by atoms with Crippen molar-refractivity contribution in [2.24, 2.45) is 0 Å². The SMILES string of the molecule is O=C(C=CO)OCCOC(=O)c1ccccc1C(=O)O. The lowest BCUT2D eigenvalue weighted by Gasteiger charge is -2.07. The summed E-state index contributed by atoms with van der Waals surface area (Å²) in [6.07, 6.45) is 1.32. The van der Waals surface area contributed by atoms with Crippen LogP contribution >= 0.6 is 0 Å². The number of benzene rings is 1. The number of esters is 2. The largest absolute Gasteiger partial charge is 0.515 e. The van der Waals surface area contributed by atoms with Crippen LogP contribution < -0.4 is 0 Å². The number of carboxylic acids is 1. The minimum Gasteiger partial charge on any atom is -0.515 e. The van der Waals surface area contributed by atoms with Crippen molar-refractivity contribution in [1.82, 2.24) is 0 Å². The highest BCUT2D eigenvalue weighted by atomic mass is 16.6. The molecule has 0 aromatic heterocycles. The first-order chi connectivity index (χ1) is 9.56. The third-order valence-electron chi connectivity index (χ3n) is 2.15. The molecule has 106 valence electrons. The summed E-state index contributed by atoms with van der Waals surface area (Å²) in [4.78, 5) is 33.4. The standard InChI is InChI=1S/C13H12O7/c14-6-5-11(15)19-7-8-20-13(18)10-4-2-1-3-9(10)12(16)17/h1-6,14H,7-8H2,(H,16,17). The van der Waals surface area contributed by atoms with Crippen LogP contribution in [0, 0.1) is 0 Å². The number of hydrogen-bond acceptors (Lipinski definition) is 6. The van der Waals surface area contributed by atoms with Crippen LogP contribution in [0.5, 0.6) is 0 Å². The molecule has 7 nitrogen and oxygen atoms in total. The highest BCUT2D eigenvalue weighted by Gasteiger charge is 2.16. The molecule has 0 spiro atoms. The van der Waals surface area contributed by atoms with Crippen LogP contribution in [0.2, 0.25) is 0 Å². The lowest BCUT2D eigenvalue weighted by Crippen LogP contribution is -2.15. The maximum absolute atomic E-state index is 11.7. The minimum absolute atomic E-state index is 0.0819. The van der Waals surface area contributed by atoms with Gasteiger partial charge in [0.05, 0.1) is 23.5 Å². The van der Waals surface area contributed by atoms with Gasteiger partial charge in [-0.2, -0.15) is 0 Å². The number of aliphatic hydroxyl groups is 1. The maximum atomic E-state index is 11.7. The summed E-state index contributed by atoms with van der Waals surface area (Å²) in [6, 6.07) is 5.61. The third-order valence-corrected chi connectivity index (χ3v) is 2.15. The number of carbonyl (C=O) groups excluding carboxylic acids is 2. The molecule has 0 heterocycles. The molecule has 0 fully saturated rings. The van der Waals surface area contributed by atoms with Gasteiger partial charge in [-0.25, -0.2) is 14.4 Å². The zero-order chi connectivity index (χ0) is 15.0. The second kappa shape index (κ2) is 7.57. The van der Waals surface area contributed by atoms with Crippen LogP contribution in [-0.4, -0.2) is 41.3 Å². The molecule has 1 rings (SSSR count). The molecule has 20 heavy (non-hydrogen) atoms. The van der Waals surface area contributed by atoms with Crippen LogP contribution in [0.25, 0.3) is 0 Å². The molecule has 2 N–H and O–H groups in total. The molecule has 0 saturated carbocycles. The predicted octanol–water partition coefficient (Wildman–Crippen LogP) is 1.16. The van der Waals surface area contributed by atoms with Crippen molar-refractivity contribution in [3.63, 3.8) is 0 Å². The molecule has 0 unspecified atom stereocenters. The van der Waals surface area contributed by atoms with E-state index in [1.807, 2.05) is 0 Å². The number of rotatable bonds is 6. The first-order valence-electron chi connectivity index (χ1n) is 5.53. The van der Waals surface area contributed by atoms with Gasteiger partial charge in [0.25, 0.3) is 0 Å². The highest BCUT2D eigenvalue weighted by molar-refractivity contribution is 6.02. The molecular formula is C13H12O7. The third kappa shape index (κ3) is 4.45. The first kappa shape index (κ1) is 15.2. The van der Waals surface area contributed by atoms with Gasteiger partial charge in [-0.1, -0.05) is 12.1 Å². The summed E-state index contributed by atoms with van der Waals surface area (Å²) in [7, 11) is 0. The van der Waals surface area contributed by atoms with Gasteiger partial charge in [-0.05, 0) is 12.1 Å². The lowest BCUT2D eigenvalue weighted by atomic mass is 10.1. The van der Waals surface area contributed by atoms with Gasteiger partial charge in [0.2, 0.25) is 0 Å². The van der Waals surface area contributed by atoms with E-state index in [0.717, 1.165) is 6.08 Å². The Morgan fingerprint density at radius 1 is 1.05 bits per heavy atom. The van der Waals surface area contributed by atoms with Crippen molar-refractivity contribution in [3.05, 3.63) is 47.7 Å². The van der Waals surface area contributed by atoms with E-state index in [0.29, 0.717) is 6.26 Å². The molecule has 0 radical (unpaired) electrons.